The van der Waals surface area contributed by atoms with Crippen molar-refractivity contribution in [2.24, 2.45) is 0 Å². The summed E-state index contributed by atoms with van der Waals surface area (Å²) >= 11 is 0. The summed E-state index contributed by atoms with van der Waals surface area (Å²) in [5.41, 5.74) is 0. The van der Waals surface area contributed by atoms with Gasteiger partial charge in [-0.1, -0.05) is 0 Å². The van der Waals surface area contributed by atoms with Gasteiger partial charge in [0.25, 0.3) is 6.43 Å². The molecule has 0 unspecified atom stereocenters. The molecule has 0 aliphatic heterocycles. The molecule has 0 atom stereocenters. The van der Waals surface area contributed by atoms with Gasteiger partial charge >= 0.3 is 5.82 Å². The number of hydrogen-bond acceptors (Lipinski definition) is 5. The molecule has 0 saturated heterocycles. The minimum absolute atomic E-state index is 0.0881. The van der Waals surface area contributed by atoms with Crippen LogP contribution in [0.4, 0.5) is 14.6 Å². The van der Waals surface area contributed by atoms with Crippen LogP contribution in [0, 0.1) is 10.1 Å². The molecular weight excluding hydrogens is 278 g/mol. The monoisotopic (exact) mass is 292 g/mol. The molecule has 112 valence electrons. The van der Waals surface area contributed by atoms with Crippen LogP contribution in [0.1, 0.15) is 6.42 Å². The number of halogens is 2. The van der Waals surface area contributed by atoms with E-state index < -0.39 is 30.4 Å². The summed E-state index contributed by atoms with van der Waals surface area (Å²) in [7, 11) is 0. The van der Waals surface area contributed by atoms with E-state index in [-0.39, 0.29) is 25.3 Å². The molecule has 1 heterocycles. The van der Waals surface area contributed by atoms with Gasteiger partial charge in [0.15, 0.2) is 0 Å². The van der Waals surface area contributed by atoms with Crippen LogP contribution in [0.5, 0.6) is 0 Å². The van der Waals surface area contributed by atoms with Crippen LogP contribution in [-0.2, 0) is 11.3 Å². The number of aromatic nitrogens is 2. The maximum absolute atomic E-state index is 12.3. The van der Waals surface area contributed by atoms with Gasteiger partial charge in [-0.15, -0.1) is 0 Å². The summed E-state index contributed by atoms with van der Waals surface area (Å²) in [6, 6.07) is 0. The first-order chi connectivity index (χ1) is 9.43. The van der Waals surface area contributed by atoms with Crippen molar-refractivity contribution in [1.82, 2.24) is 14.5 Å². The predicted octanol–water partition coefficient (Wildman–Crippen LogP) is 0.267. The SMILES string of the molecule is O=C(CCn1cnc([N+](=O)[O-])c1)N(CCO)CC(F)F. The highest BCUT2D eigenvalue weighted by Crippen LogP contribution is 2.07. The average Bonchev–Trinajstić information content (AvgIpc) is 2.84. The van der Waals surface area contributed by atoms with E-state index in [4.69, 9.17) is 5.11 Å². The number of aryl methyl sites for hydroxylation is 1. The van der Waals surface area contributed by atoms with Crippen LogP contribution in [0.15, 0.2) is 12.5 Å². The molecular formula is C10H14F2N4O4. The third-order valence-electron chi connectivity index (χ3n) is 2.47. The fourth-order valence-corrected chi connectivity index (χ4v) is 1.55. The minimum Gasteiger partial charge on any atom is -0.395 e. The van der Waals surface area contributed by atoms with Crippen LogP contribution in [0.25, 0.3) is 0 Å². The zero-order chi connectivity index (χ0) is 15.1. The molecule has 1 aromatic heterocycles. The van der Waals surface area contributed by atoms with E-state index in [0.29, 0.717) is 0 Å². The van der Waals surface area contributed by atoms with Crippen molar-refractivity contribution >= 4 is 11.7 Å². The number of hydrogen-bond donors (Lipinski definition) is 1. The van der Waals surface area contributed by atoms with E-state index in [1.54, 1.807) is 0 Å². The number of nitrogens with zero attached hydrogens (tertiary/aromatic N) is 4. The number of carbonyl (C=O) groups excluding carboxylic acids is 1. The van der Waals surface area contributed by atoms with Gasteiger partial charge in [0.05, 0.1) is 13.2 Å². The van der Waals surface area contributed by atoms with Crippen molar-refractivity contribution < 1.29 is 23.6 Å². The molecule has 1 rings (SSSR count). The molecule has 8 nitrogen and oxygen atoms in total. The Morgan fingerprint density at radius 3 is 2.80 bits per heavy atom. The number of carbonyl (C=O) groups is 1. The van der Waals surface area contributed by atoms with Crippen LogP contribution >= 0.6 is 0 Å². The van der Waals surface area contributed by atoms with Gasteiger partial charge < -0.3 is 24.7 Å². The number of amides is 1. The van der Waals surface area contributed by atoms with Gasteiger partial charge in [-0.2, -0.15) is 0 Å². The average molecular weight is 292 g/mol. The normalized spacial score (nSPS) is 10.8. The third-order valence-corrected chi connectivity index (χ3v) is 2.47. The lowest BCUT2D eigenvalue weighted by atomic mass is 10.3. The maximum Gasteiger partial charge on any atom is 0.381 e. The Balaban J connectivity index is 2.52. The Labute approximate surface area is 112 Å². The molecule has 1 N–H and O–H groups in total. The molecule has 1 amide bonds. The van der Waals surface area contributed by atoms with Crippen LogP contribution in [0.3, 0.4) is 0 Å². The minimum atomic E-state index is -2.68. The Kier molecular flexibility index (Phi) is 5.97. The number of aliphatic hydroxyl groups is 1. The molecule has 20 heavy (non-hydrogen) atoms. The number of imidazole rings is 1. The second kappa shape index (κ2) is 7.48. The molecule has 0 bridgehead atoms. The fourth-order valence-electron chi connectivity index (χ4n) is 1.55. The van der Waals surface area contributed by atoms with Crippen molar-refractivity contribution in [3.8, 4) is 0 Å². The lowest BCUT2D eigenvalue weighted by Crippen LogP contribution is -2.37. The summed E-state index contributed by atoms with van der Waals surface area (Å²) in [6.07, 6.45) is -0.453. The zero-order valence-electron chi connectivity index (χ0n) is 10.5. The lowest BCUT2D eigenvalue weighted by Gasteiger charge is -2.21. The quantitative estimate of drug-likeness (QED) is 0.547. The summed E-state index contributed by atoms with van der Waals surface area (Å²) in [6.45, 7) is -1.24. The first-order valence-electron chi connectivity index (χ1n) is 5.77. The van der Waals surface area contributed by atoms with Crippen molar-refractivity contribution in [2.45, 2.75) is 19.4 Å². The molecule has 0 spiro atoms. The van der Waals surface area contributed by atoms with Gasteiger partial charge in [-0.05, 0) is 9.91 Å². The van der Waals surface area contributed by atoms with E-state index >= 15 is 0 Å². The first kappa shape index (κ1) is 16.0. The van der Waals surface area contributed by atoms with E-state index in [2.05, 4.69) is 4.98 Å². The van der Waals surface area contributed by atoms with Crippen molar-refractivity contribution in [1.29, 1.82) is 0 Å². The van der Waals surface area contributed by atoms with Gasteiger partial charge in [0, 0.05) is 19.5 Å². The van der Waals surface area contributed by atoms with E-state index in [1.165, 1.54) is 10.9 Å². The summed E-state index contributed by atoms with van der Waals surface area (Å²) in [5, 5.41) is 19.1. The summed E-state index contributed by atoms with van der Waals surface area (Å²) < 4.78 is 25.8. The van der Waals surface area contributed by atoms with Crippen molar-refractivity contribution in [2.75, 3.05) is 19.7 Å². The predicted molar refractivity (Wildman–Crippen MR) is 63.2 cm³/mol. The third kappa shape index (κ3) is 4.88. The van der Waals surface area contributed by atoms with Crippen LogP contribution < -0.4 is 0 Å². The van der Waals surface area contributed by atoms with Crippen molar-refractivity contribution in [3.63, 3.8) is 0 Å². The van der Waals surface area contributed by atoms with E-state index in [0.717, 1.165) is 11.1 Å². The lowest BCUT2D eigenvalue weighted by molar-refractivity contribution is -0.389. The van der Waals surface area contributed by atoms with Crippen molar-refractivity contribution in [3.05, 3.63) is 22.6 Å². The van der Waals surface area contributed by atoms with Gasteiger partial charge in [0.1, 0.15) is 6.20 Å². The number of alkyl halides is 2. The molecule has 0 fully saturated rings. The number of aliphatic hydroxyl groups excluding tert-OH is 1. The number of nitro groups is 1. The van der Waals surface area contributed by atoms with Gasteiger partial charge in [-0.3, -0.25) is 4.79 Å². The molecule has 0 aliphatic carbocycles. The van der Waals surface area contributed by atoms with Crippen LogP contribution in [-0.4, -0.2) is 56.5 Å². The van der Waals surface area contributed by atoms with Crippen LogP contribution in [0.2, 0.25) is 0 Å². The zero-order valence-corrected chi connectivity index (χ0v) is 10.5. The second-order valence-electron chi connectivity index (χ2n) is 3.93. The van der Waals surface area contributed by atoms with E-state index in [9.17, 15) is 23.7 Å². The molecule has 0 radical (unpaired) electrons. The van der Waals surface area contributed by atoms with E-state index in [1.807, 2.05) is 0 Å². The Morgan fingerprint density at radius 1 is 1.60 bits per heavy atom. The molecule has 1 aromatic rings. The smallest absolute Gasteiger partial charge is 0.381 e. The largest absolute Gasteiger partial charge is 0.395 e. The highest BCUT2D eigenvalue weighted by molar-refractivity contribution is 5.76. The topological polar surface area (TPSA) is 102 Å². The molecule has 0 aromatic carbocycles. The Morgan fingerprint density at radius 2 is 2.30 bits per heavy atom. The first-order valence-corrected chi connectivity index (χ1v) is 5.77. The summed E-state index contributed by atoms with van der Waals surface area (Å²) in [5.74, 6) is -0.909. The Bertz CT molecular complexity index is 466. The highest BCUT2D eigenvalue weighted by Gasteiger charge is 2.18. The summed E-state index contributed by atoms with van der Waals surface area (Å²) in [4.78, 5) is 25.8. The fraction of sp³-hybridized carbons (Fsp3) is 0.600. The number of rotatable bonds is 8. The second-order valence-corrected chi connectivity index (χ2v) is 3.93. The molecule has 0 aliphatic rings. The molecule has 10 heteroatoms. The maximum atomic E-state index is 12.3. The van der Waals surface area contributed by atoms with Gasteiger partial charge in [-0.25, -0.2) is 8.78 Å². The Hall–Kier alpha value is -2.10. The highest BCUT2D eigenvalue weighted by atomic mass is 19.3. The van der Waals surface area contributed by atoms with Gasteiger partial charge in [0.2, 0.25) is 12.2 Å². The molecule has 0 saturated carbocycles. The standard InChI is InChI=1S/C10H14F2N4O4/c11-8(12)5-15(3-4-17)10(18)1-2-14-6-9(13-7-14)16(19)20/h6-8,17H,1-5H2.